The van der Waals surface area contributed by atoms with Gasteiger partial charge in [-0.1, -0.05) is 6.58 Å². The standard InChI is InChI=1S/C7H9N3O2/c1-5(2)7(11)12-4-6-3-8-10-9-6/h3H,1,4H2,2H3,(H,8,9,10). The summed E-state index contributed by atoms with van der Waals surface area (Å²) in [5.41, 5.74) is 0.961. The molecule has 0 fully saturated rings. The third kappa shape index (κ3) is 2.19. The highest BCUT2D eigenvalue weighted by atomic mass is 16.5. The number of aromatic amines is 1. The number of nitrogens with zero attached hydrogens (tertiary/aromatic N) is 2. The van der Waals surface area contributed by atoms with Gasteiger partial charge in [0, 0.05) is 5.57 Å². The highest BCUT2D eigenvalue weighted by Crippen LogP contribution is 1.97. The fourth-order valence-electron chi connectivity index (χ4n) is 0.558. The summed E-state index contributed by atoms with van der Waals surface area (Å²) >= 11 is 0. The van der Waals surface area contributed by atoms with E-state index in [0.29, 0.717) is 11.3 Å². The van der Waals surface area contributed by atoms with Crippen molar-refractivity contribution in [3.8, 4) is 0 Å². The van der Waals surface area contributed by atoms with E-state index < -0.39 is 5.97 Å². The van der Waals surface area contributed by atoms with E-state index in [9.17, 15) is 4.79 Å². The maximum Gasteiger partial charge on any atom is 0.333 e. The summed E-state index contributed by atoms with van der Waals surface area (Å²) in [5.74, 6) is -0.419. The van der Waals surface area contributed by atoms with Crippen LogP contribution in [0.3, 0.4) is 0 Å². The van der Waals surface area contributed by atoms with Gasteiger partial charge in [-0.25, -0.2) is 4.79 Å². The average molecular weight is 167 g/mol. The molecule has 0 radical (unpaired) electrons. The molecule has 0 bridgehead atoms. The molecular weight excluding hydrogens is 158 g/mol. The lowest BCUT2D eigenvalue weighted by Gasteiger charge is -1.99. The van der Waals surface area contributed by atoms with Gasteiger partial charge in [-0.05, 0) is 6.92 Å². The first-order chi connectivity index (χ1) is 5.70. The molecule has 1 aromatic heterocycles. The van der Waals surface area contributed by atoms with Gasteiger partial charge < -0.3 is 4.74 Å². The van der Waals surface area contributed by atoms with Crippen molar-refractivity contribution in [2.75, 3.05) is 0 Å². The van der Waals surface area contributed by atoms with E-state index in [-0.39, 0.29) is 6.61 Å². The lowest BCUT2D eigenvalue weighted by Crippen LogP contribution is -2.04. The van der Waals surface area contributed by atoms with Gasteiger partial charge in [0.1, 0.15) is 12.3 Å². The van der Waals surface area contributed by atoms with Crippen molar-refractivity contribution in [3.05, 3.63) is 24.0 Å². The zero-order valence-corrected chi connectivity index (χ0v) is 6.70. The van der Waals surface area contributed by atoms with Gasteiger partial charge in [-0.3, -0.25) is 0 Å². The SMILES string of the molecule is C=C(C)C(=O)OCc1cn[nH]n1. The molecule has 1 aromatic rings. The first kappa shape index (κ1) is 8.45. The lowest BCUT2D eigenvalue weighted by atomic mass is 10.4. The number of H-pyrrole nitrogens is 1. The summed E-state index contributed by atoms with van der Waals surface area (Å²) in [6.07, 6.45) is 1.49. The van der Waals surface area contributed by atoms with Crippen molar-refractivity contribution in [1.29, 1.82) is 0 Å². The molecular formula is C7H9N3O2. The quantitative estimate of drug-likeness (QED) is 0.523. The number of ether oxygens (including phenoxy) is 1. The first-order valence-corrected chi connectivity index (χ1v) is 3.37. The second kappa shape index (κ2) is 3.66. The Kier molecular flexibility index (Phi) is 2.57. The van der Waals surface area contributed by atoms with Crippen molar-refractivity contribution in [2.24, 2.45) is 0 Å². The maximum atomic E-state index is 10.9. The maximum absolute atomic E-state index is 10.9. The molecule has 5 heteroatoms. The van der Waals surface area contributed by atoms with E-state index in [1.807, 2.05) is 0 Å². The van der Waals surface area contributed by atoms with Gasteiger partial charge in [0.25, 0.3) is 0 Å². The zero-order valence-electron chi connectivity index (χ0n) is 6.70. The van der Waals surface area contributed by atoms with Gasteiger partial charge in [0.15, 0.2) is 0 Å². The molecule has 0 aromatic carbocycles. The Bertz CT molecular complexity index is 279. The van der Waals surface area contributed by atoms with Crippen LogP contribution in [0.4, 0.5) is 0 Å². The Labute approximate surface area is 69.4 Å². The van der Waals surface area contributed by atoms with Crippen LogP contribution >= 0.6 is 0 Å². The van der Waals surface area contributed by atoms with Crippen LogP contribution in [-0.4, -0.2) is 21.4 Å². The van der Waals surface area contributed by atoms with Crippen molar-refractivity contribution in [2.45, 2.75) is 13.5 Å². The Hall–Kier alpha value is -1.65. The van der Waals surface area contributed by atoms with Crippen LogP contribution < -0.4 is 0 Å². The zero-order chi connectivity index (χ0) is 8.97. The minimum absolute atomic E-state index is 0.127. The molecule has 64 valence electrons. The van der Waals surface area contributed by atoms with Gasteiger partial charge >= 0.3 is 5.97 Å². The lowest BCUT2D eigenvalue weighted by molar-refractivity contribution is -0.140. The number of aromatic nitrogens is 3. The predicted molar refractivity (Wildman–Crippen MR) is 41.0 cm³/mol. The Morgan fingerprint density at radius 3 is 3.08 bits per heavy atom. The normalized spacial score (nSPS) is 9.42. The van der Waals surface area contributed by atoms with Crippen LogP contribution in [0.1, 0.15) is 12.6 Å². The summed E-state index contributed by atoms with van der Waals surface area (Å²) in [4.78, 5) is 10.9. The van der Waals surface area contributed by atoms with Gasteiger partial charge in [-0.15, -0.1) is 0 Å². The molecule has 1 rings (SSSR count). The number of carbonyl (C=O) groups excluding carboxylic acids is 1. The molecule has 1 N–H and O–H groups in total. The molecule has 1 heterocycles. The second-order valence-corrected chi connectivity index (χ2v) is 2.32. The fraction of sp³-hybridized carbons (Fsp3) is 0.286. The van der Waals surface area contributed by atoms with E-state index in [1.165, 1.54) is 6.20 Å². The van der Waals surface area contributed by atoms with Crippen molar-refractivity contribution in [1.82, 2.24) is 15.4 Å². The summed E-state index contributed by atoms with van der Waals surface area (Å²) in [5, 5.41) is 9.67. The molecule has 12 heavy (non-hydrogen) atoms. The molecule has 0 unspecified atom stereocenters. The molecule has 0 aliphatic carbocycles. The third-order valence-electron chi connectivity index (χ3n) is 1.16. The molecule has 0 spiro atoms. The summed E-state index contributed by atoms with van der Waals surface area (Å²) in [6.45, 7) is 5.15. The van der Waals surface area contributed by atoms with Crippen molar-refractivity contribution < 1.29 is 9.53 Å². The van der Waals surface area contributed by atoms with E-state index in [2.05, 4.69) is 22.0 Å². The molecule has 0 aliphatic heterocycles. The van der Waals surface area contributed by atoms with E-state index in [0.717, 1.165) is 0 Å². The van der Waals surface area contributed by atoms with Crippen molar-refractivity contribution in [3.63, 3.8) is 0 Å². The number of hydrogen-bond donors (Lipinski definition) is 1. The topological polar surface area (TPSA) is 67.9 Å². The van der Waals surface area contributed by atoms with Crippen LogP contribution in [0.25, 0.3) is 0 Å². The van der Waals surface area contributed by atoms with E-state index in [4.69, 9.17) is 4.74 Å². The van der Waals surface area contributed by atoms with Crippen LogP contribution in [-0.2, 0) is 16.1 Å². The summed E-state index contributed by atoms with van der Waals surface area (Å²) in [7, 11) is 0. The van der Waals surface area contributed by atoms with Gasteiger partial charge in [0.2, 0.25) is 0 Å². The third-order valence-corrected chi connectivity index (χ3v) is 1.16. The van der Waals surface area contributed by atoms with Crippen LogP contribution in [0.5, 0.6) is 0 Å². The van der Waals surface area contributed by atoms with Crippen LogP contribution in [0, 0.1) is 0 Å². The second-order valence-electron chi connectivity index (χ2n) is 2.32. The number of esters is 1. The van der Waals surface area contributed by atoms with Gasteiger partial charge in [0.05, 0.1) is 6.20 Å². The molecule has 0 aliphatic rings. The summed E-state index contributed by atoms with van der Waals surface area (Å²) < 4.78 is 4.79. The van der Waals surface area contributed by atoms with Gasteiger partial charge in [-0.2, -0.15) is 15.4 Å². The highest BCUT2D eigenvalue weighted by Gasteiger charge is 2.04. The first-order valence-electron chi connectivity index (χ1n) is 3.37. The number of hydrogen-bond acceptors (Lipinski definition) is 4. The molecule has 0 atom stereocenters. The Balaban J connectivity index is 2.37. The van der Waals surface area contributed by atoms with E-state index >= 15 is 0 Å². The fourth-order valence-corrected chi connectivity index (χ4v) is 0.558. The highest BCUT2D eigenvalue weighted by molar-refractivity contribution is 5.86. The number of rotatable bonds is 3. The smallest absolute Gasteiger partial charge is 0.333 e. The molecule has 0 saturated heterocycles. The number of carbonyl (C=O) groups is 1. The number of nitrogens with one attached hydrogen (secondary N) is 1. The van der Waals surface area contributed by atoms with E-state index in [1.54, 1.807) is 6.92 Å². The largest absolute Gasteiger partial charge is 0.456 e. The Morgan fingerprint density at radius 1 is 1.83 bits per heavy atom. The Morgan fingerprint density at radius 2 is 2.58 bits per heavy atom. The van der Waals surface area contributed by atoms with Crippen LogP contribution in [0.2, 0.25) is 0 Å². The molecule has 5 nitrogen and oxygen atoms in total. The average Bonchev–Trinajstić information content (AvgIpc) is 2.51. The van der Waals surface area contributed by atoms with Crippen LogP contribution in [0.15, 0.2) is 18.3 Å². The summed E-state index contributed by atoms with van der Waals surface area (Å²) in [6, 6.07) is 0. The predicted octanol–water partition coefficient (Wildman–Crippen LogP) is 0.424. The molecule has 0 saturated carbocycles. The van der Waals surface area contributed by atoms with Crippen molar-refractivity contribution >= 4 is 5.97 Å². The molecule has 0 amide bonds. The monoisotopic (exact) mass is 167 g/mol. The minimum atomic E-state index is -0.419. The minimum Gasteiger partial charge on any atom is -0.456 e.